The van der Waals surface area contributed by atoms with Gasteiger partial charge in [0.25, 0.3) is 0 Å². The van der Waals surface area contributed by atoms with Crippen LogP contribution < -0.4 is 9.47 Å². The fraction of sp³-hybridized carbons (Fsp3) is 0.138. The van der Waals surface area contributed by atoms with Crippen LogP contribution in [0.2, 0.25) is 0 Å². The molecule has 0 N–H and O–H groups in total. The monoisotopic (exact) mass is 474 g/mol. The fourth-order valence-electron chi connectivity index (χ4n) is 3.46. The Hall–Kier alpha value is -4.24. The van der Waals surface area contributed by atoms with Gasteiger partial charge >= 0.3 is 12.1 Å². The van der Waals surface area contributed by atoms with E-state index in [1.54, 1.807) is 44.2 Å². The van der Waals surface area contributed by atoms with Crippen molar-refractivity contribution in [2.24, 2.45) is 0 Å². The standard InChI is InChI=1S/C29H21F3O3/c1-28(2,18-17-20-9-4-3-5-10-20)35-26-19-22(15-16-24(26)29(30,31)32)27(33)34-25-14-8-12-21-11-6-7-13-23(21)25/h3-16,19H,1-2H3. The molecule has 3 nitrogen and oxygen atoms in total. The molecular weight excluding hydrogens is 453 g/mol. The van der Waals surface area contributed by atoms with E-state index in [1.807, 2.05) is 42.5 Å². The summed E-state index contributed by atoms with van der Waals surface area (Å²) in [5, 5.41) is 1.58. The lowest BCUT2D eigenvalue weighted by Gasteiger charge is -2.23. The van der Waals surface area contributed by atoms with Gasteiger partial charge in [0, 0.05) is 10.9 Å². The highest BCUT2D eigenvalue weighted by Gasteiger charge is 2.36. The molecule has 0 aliphatic carbocycles. The van der Waals surface area contributed by atoms with Crippen LogP contribution in [0.25, 0.3) is 10.8 Å². The summed E-state index contributed by atoms with van der Waals surface area (Å²) in [5.41, 5.74) is -1.65. The predicted molar refractivity (Wildman–Crippen MR) is 128 cm³/mol. The molecule has 0 radical (unpaired) electrons. The first-order chi connectivity index (χ1) is 16.6. The predicted octanol–water partition coefficient (Wildman–Crippen LogP) is 7.29. The zero-order valence-electron chi connectivity index (χ0n) is 19.0. The molecule has 0 aliphatic rings. The summed E-state index contributed by atoms with van der Waals surface area (Å²) in [4.78, 5) is 12.9. The lowest BCUT2D eigenvalue weighted by Crippen LogP contribution is -2.27. The quantitative estimate of drug-likeness (QED) is 0.177. The Morgan fingerprint density at radius 3 is 2.23 bits per heavy atom. The van der Waals surface area contributed by atoms with Crippen LogP contribution in [0.5, 0.6) is 11.5 Å². The minimum Gasteiger partial charge on any atom is -0.475 e. The van der Waals surface area contributed by atoms with E-state index in [2.05, 4.69) is 11.8 Å². The third kappa shape index (κ3) is 5.82. The molecule has 35 heavy (non-hydrogen) atoms. The van der Waals surface area contributed by atoms with Crippen LogP contribution in [-0.4, -0.2) is 11.6 Å². The molecular formula is C29H21F3O3. The first-order valence-electron chi connectivity index (χ1n) is 10.8. The van der Waals surface area contributed by atoms with Gasteiger partial charge in [0.1, 0.15) is 11.5 Å². The SMILES string of the molecule is CC(C)(C#Cc1ccccc1)Oc1cc(C(=O)Oc2cccc3ccccc23)ccc1C(F)(F)F. The Bertz CT molecular complexity index is 1420. The van der Waals surface area contributed by atoms with Gasteiger partial charge in [-0.25, -0.2) is 4.79 Å². The maximum Gasteiger partial charge on any atom is 0.419 e. The highest BCUT2D eigenvalue weighted by atomic mass is 19.4. The number of halogens is 3. The van der Waals surface area contributed by atoms with Crippen molar-refractivity contribution in [1.29, 1.82) is 0 Å². The van der Waals surface area contributed by atoms with Crippen molar-refractivity contribution in [3.63, 3.8) is 0 Å². The first kappa shape index (κ1) is 23.9. The molecule has 4 rings (SSSR count). The van der Waals surface area contributed by atoms with Crippen LogP contribution in [0, 0.1) is 11.8 Å². The Labute approximate surface area is 201 Å². The molecule has 0 aromatic heterocycles. The van der Waals surface area contributed by atoms with E-state index in [-0.39, 0.29) is 5.56 Å². The largest absolute Gasteiger partial charge is 0.475 e. The van der Waals surface area contributed by atoms with Crippen LogP contribution in [0.15, 0.2) is 91.0 Å². The van der Waals surface area contributed by atoms with E-state index in [0.29, 0.717) is 16.7 Å². The summed E-state index contributed by atoms with van der Waals surface area (Å²) < 4.78 is 52.3. The summed E-state index contributed by atoms with van der Waals surface area (Å²) in [6, 6.07) is 24.5. The summed E-state index contributed by atoms with van der Waals surface area (Å²) in [6.07, 6.45) is -4.68. The zero-order valence-corrected chi connectivity index (χ0v) is 19.0. The average molecular weight is 474 g/mol. The molecule has 0 fully saturated rings. The number of carbonyl (C=O) groups is 1. The van der Waals surface area contributed by atoms with Gasteiger partial charge in [-0.3, -0.25) is 0 Å². The zero-order chi connectivity index (χ0) is 25.1. The first-order valence-corrected chi connectivity index (χ1v) is 10.8. The van der Waals surface area contributed by atoms with Gasteiger partial charge in [0.15, 0.2) is 5.60 Å². The van der Waals surface area contributed by atoms with E-state index in [9.17, 15) is 18.0 Å². The number of hydrogen-bond donors (Lipinski definition) is 0. The van der Waals surface area contributed by atoms with Crippen molar-refractivity contribution in [2.45, 2.75) is 25.6 Å². The van der Waals surface area contributed by atoms with Crippen molar-refractivity contribution in [1.82, 2.24) is 0 Å². The molecule has 0 amide bonds. The second-order valence-corrected chi connectivity index (χ2v) is 8.30. The number of alkyl halides is 3. The van der Waals surface area contributed by atoms with Crippen LogP contribution in [0.4, 0.5) is 13.2 Å². The molecule has 0 saturated carbocycles. The topological polar surface area (TPSA) is 35.5 Å². The average Bonchev–Trinajstić information content (AvgIpc) is 2.83. The minimum atomic E-state index is -4.68. The Balaban J connectivity index is 1.65. The number of ether oxygens (including phenoxy) is 2. The molecule has 4 aromatic rings. The number of fused-ring (bicyclic) bond motifs is 1. The van der Waals surface area contributed by atoms with Crippen molar-refractivity contribution < 1.29 is 27.4 Å². The van der Waals surface area contributed by atoms with Gasteiger partial charge in [-0.15, -0.1) is 0 Å². The summed E-state index contributed by atoms with van der Waals surface area (Å²) in [6.45, 7) is 3.12. The second-order valence-electron chi connectivity index (χ2n) is 8.30. The molecule has 0 saturated heterocycles. The molecule has 0 bridgehead atoms. The van der Waals surface area contributed by atoms with Gasteiger partial charge in [0.2, 0.25) is 0 Å². The van der Waals surface area contributed by atoms with E-state index in [4.69, 9.17) is 9.47 Å². The molecule has 0 heterocycles. The lowest BCUT2D eigenvalue weighted by atomic mass is 10.1. The molecule has 176 valence electrons. The smallest absolute Gasteiger partial charge is 0.419 e. The Kier molecular flexibility index (Phi) is 6.52. The maximum absolute atomic E-state index is 13.7. The molecule has 0 unspecified atom stereocenters. The van der Waals surface area contributed by atoms with Crippen molar-refractivity contribution >= 4 is 16.7 Å². The lowest BCUT2D eigenvalue weighted by molar-refractivity contribution is -0.139. The number of hydrogen-bond acceptors (Lipinski definition) is 3. The number of esters is 1. The fourth-order valence-corrected chi connectivity index (χ4v) is 3.46. The molecule has 4 aromatic carbocycles. The minimum absolute atomic E-state index is 0.0762. The molecule has 0 spiro atoms. The van der Waals surface area contributed by atoms with Crippen molar-refractivity contribution in [3.8, 4) is 23.3 Å². The van der Waals surface area contributed by atoms with Gasteiger partial charge in [-0.2, -0.15) is 13.2 Å². The maximum atomic E-state index is 13.7. The van der Waals surface area contributed by atoms with E-state index in [1.165, 1.54) is 0 Å². The van der Waals surface area contributed by atoms with Gasteiger partial charge in [0.05, 0.1) is 11.1 Å². The van der Waals surface area contributed by atoms with E-state index >= 15 is 0 Å². The number of rotatable bonds is 4. The van der Waals surface area contributed by atoms with Crippen molar-refractivity contribution in [3.05, 3.63) is 108 Å². The molecule has 0 atom stereocenters. The molecule has 0 aliphatic heterocycles. The highest BCUT2D eigenvalue weighted by Crippen LogP contribution is 2.38. The third-order valence-electron chi connectivity index (χ3n) is 5.12. The van der Waals surface area contributed by atoms with Crippen LogP contribution in [0.3, 0.4) is 0 Å². The second kappa shape index (κ2) is 9.55. The van der Waals surface area contributed by atoms with Crippen LogP contribution in [-0.2, 0) is 6.18 Å². The number of benzene rings is 4. The van der Waals surface area contributed by atoms with Gasteiger partial charge in [-0.05, 0) is 55.6 Å². The molecule has 6 heteroatoms. The highest BCUT2D eigenvalue weighted by molar-refractivity contribution is 5.95. The Morgan fingerprint density at radius 1 is 0.800 bits per heavy atom. The normalized spacial score (nSPS) is 11.5. The third-order valence-corrected chi connectivity index (χ3v) is 5.12. The number of carbonyl (C=O) groups excluding carboxylic acids is 1. The van der Waals surface area contributed by atoms with Gasteiger partial charge < -0.3 is 9.47 Å². The van der Waals surface area contributed by atoms with Crippen LogP contribution >= 0.6 is 0 Å². The summed E-state index contributed by atoms with van der Waals surface area (Å²) >= 11 is 0. The van der Waals surface area contributed by atoms with Crippen LogP contribution in [0.1, 0.15) is 35.3 Å². The Morgan fingerprint density at radius 2 is 1.49 bits per heavy atom. The summed E-state index contributed by atoms with van der Waals surface area (Å²) in [7, 11) is 0. The van der Waals surface area contributed by atoms with Gasteiger partial charge in [-0.1, -0.05) is 66.4 Å². The summed E-state index contributed by atoms with van der Waals surface area (Å²) in [5.74, 6) is 4.77. The van der Waals surface area contributed by atoms with E-state index in [0.717, 1.165) is 23.6 Å². The van der Waals surface area contributed by atoms with Crippen molar-refractivity contribution in [2.75, 3.05) is 0 Å². The van der Waals surface area contributed by atoms with E-state index < -0.39 is 29.1 Å².